The lowest BCUT2D eigenvalue weighted by molar-refractivity contribution is -0.128. The topological polar surface area (TPSA) is 49.4 Å². The molecule has 2 amide bonds. The number of nitrogens with zero attached hydrogens (tertiary/aromatic N) is 1. The first-order valence-electron chi connectivity index (χ1n) is 10.6. The zero-order valence-corrected chi connectivity index (χ0v) is 18.6. The maximum atomic E-state index is 12.5. The highest BCUT2D eigenvalue weighted by molar-refractivity contribution is 8.00. The smallest absolute Gasteiger partial charge is 0.251 e. The Morgan fingerprint density at radius 2 is 1.73 bits per heavy atom. The highest BCUT2D eigenvalue weighted by atomic mass is 35.5. The minimum Gasteiger partial charge on any atom is -0.352 e. The third-order valence-electron chi connectivity index (χ3n) is 5.97. The van der Waals surface area contributed by atoms with E-state index in [1.165, 1.54) is 32.1 Å². The standard InChI is InChI=1S/C24H27ClN2O2S/c25-21-12-6-18(7-13-21)15-27-22(28)16-30-24(27)20-10-8-19(9-11-20)23(29)26-14-17-4-2-1-3-5-17/h6-13,17,24H,1-5,14-16H2,(H,26,29)/t24-/m1/s1. The highest BCUT2D eigenvalue weighted by Gasteiger charge is 2.32. The molecule has 0 spiro atoms. The Kier molecular flexibility index (Phi) is 7.00. The third-order valence-corrected chi connectivity index (χ3v) is 7.48. The molecule has 0 bridgehead atoms. The molecule has 4 nitrogen and oxygen atoms in total. The van der Waals surface area contributed by atoms with Crippen molar-refractivity contribution in [1.29, 1.82) is 0 Å². The molecule has 4 rings (SSSR count). The predicted octanol–water partition coefficient (Wildman–Crippen LogP) is 5.42. The van der Waals surface area contributed by atoms with E-state index in [0.29, 0.717) is 28.8 Å². The van der Waals surface area contributed by atoms with Crippen LogP contribution in [0.15, 0.2) is 48.5 Å². The Morgan fingerprint density at radius 1 is 1.03 bits per heavy atom. The van der Waals surface area contributed by atoms with Gasteiger partial charge in [-0.05, 0) is 54.2 Å². The maximum absolute atomic E-state index is 12.5. The number of nitrogens with one attached hydrogen (secondary N) is 1. The Bertz CT molecular complexity index is 879. The first-order valence-corrected chi connectivity index (χ1v) is 12.1. The van der Waals surface area contributed by atoms with Crippen LogP contribution in [-0.2, 0) is 11.3 Å². The van der Waals surface area contributed by atoms with E-state index in [2.05, 4.69) is 5.32 Å². The van der Waals surface area contributed by atoms with Gasteiger partial charge >= 0.3 is 0 Å². The van der Waals surface area contributed by atoms with Crippen molar-refractivity contribution in [2.75, 3.05) is 12.3 Å². The fourth-order valence-corrected chi connectivity index (χ4v) is 5.53. The van der Waals surface area contributed by atoms with Gasteiger partial charge < -0.3 is 10.2 Å². The Hall–Kier alpha value is -1.98. The summed E-state index contributed by atoms with van der Waals surface area (Å²) in [5.74, 6) is 1.21. The first-order chi connectivity index (χ1) is 14.6. The molecule has 2 aliphatic rings. The molecule has 1 atom stereocenters. The lowest BCUT2D eigenvalue weighted by Crippen LogP contribution is -2.30. The lowest BCUT2D eigenvalue weighted by Gasteiger charge is -2.24. The van der Waals surface area contributed by atoms with E-state index in [1.807, 2.05) is 53.4 Å². The summed E-state index contributed by atoms with van der Waals surface area (Å²) in [6.45, 7) is 1.32. The van der Waals surface area contributed by atoms with Gasteiger partial charge in [-0.3, -0.25) is 9.59 Å². The van der Waals surface area contributed by atoms with Crippen molar-refractivity contribution in [3.8, 4) is 0 Å². The van der Waals surface area contributed by atoms with Crippen LogP contribution in [0.5, 0.6) is 0 Å². The Labute approximate surface area is 187 Å². The van der Waals surface area contributed by atoms with Crippen molar-refractivity contribution in [2.24, 2.45) is 5.92 Å². The second-order valence-electron chi connectivity index (χ2n) is 8.15. The number of carbonyl (C=O) groups is 2. The Balaban J connectivity index is 1.38. The fraction of sp³-hybridized carbons (Fsp3) is 0.417. The zero-order valence-electron chi connectivity index (χ0n) is 17.0. The van der Waals surface area contributed by atoms with Gasteiger partial charge in [-0.25, -0.2) is 0 Å². The minimum absolute atomic E-state index is 0.0136. The molecule has 30 heavy (non-hydrogen) atoms. The molecule has 1 saturated carbocycles. The second kappa shape index (κ2) is 9.88. The number of carbonyl (C=O) groups excluding carboxylic acids is 2. The van der Waals surface area contributed by atoms with Crippen molar-refractivity contribution >= 4 is 35.2 Å². The van der Waals surface area contributed by atoms with Crippen LogP contribution < -0.4 is 5.32 Å². The second-order valence-corrected chi connectivity index (χ2v) is 9.65. The molecule has 1 N–H and O–H groups in total. The van der Waals surface area contributed by atoms with E-state index in [1.54, 1.807) is 11.8 Å². The van der Waals surface area contributed by atoms with Crippen LogP contribution in [0, 0.1) is 5.92 Å². The van der Waals surface area contributed by atoms with Crippen molar-refractivity contribution in [3.05, 3.63) is 70.2 Å². The average Bonchev–Trinajstić information content (AvgIpc) is 3.14. The maximum Gasteiger partial charge on any atom is 0.251 e. The van der Waals surface area contributed by atoms with E-state index in [4.69, 9.17) is 11.6 Å². The molecule has 158 valence electrons. The SMILES string of the molecule is O=C(NCC1CCCCC1)c1ccc([C@H]2SCC(=O)N2Cc2ccc(Cl)cc2)cc1. The molecule has 1 saturated heterocycles. The van der Waals surface area contributed by atoms with Crippen molar-refractivity contribution in [2.45, 2.75) is 44.0 Å². The van der Waals surface area contributed by atoms with Gasteiger partial charge in [0.05, 0.1) is 5.75 Å². The van der Waals surface area contributed by atoms with E-state index in [9.17, 15) is 9.59 Å². The van der Waals surface area contributed by atoms with Crippen LogP contribution in [0.2, 0.25) is 5.02 Å². The van der Waals surface area contributed by atoms with E-state index >= 15 is 0 Å². The van der Waals surface area contributed by atoms with Crippen LogP contribution >= 0.6 is 23.4 Å². The fourth-order valence-electron chi connectivity index (χ4n) is 4.22. The summed E-state index contributed by atoms with van der Waals surface area (Å²) >= 11 is 7.60. The molecular weight excluding hydrogens is 416 g/mol. The van der Waals surface area contributed by atoms with Crippen LogP contribution in [0.3, 0.4) is 0 Å². The van der Waals surface area contributed by atoms with Crippen LogP contribution in [0.25, 0.3) is 0 Å². The van der Waals surface area contributed by atoms with Crippen molar-refractivity contribution in [1.82, 2.24) is 10.2 Å². The van der Waals surface area contributed by atoms with Gasteiger partial charge in [0.2, 0.25) is 5.91 Å². The number of hydrogen-bond acceptors (Lipinski definition) is 3. The molecule has 2 aromatic carbocycles. The van der Waals surface area contributed by atoms with Crippen LogP contribution in [0.4, 0.5) is 0 Å². The van der Waals surface area contributed by atoms with Crippen LogP contribution in [-0.4, -0.2) is 29.0 Å². The molecule has 1 aliphatic carbocycles. The molecule has 0 aromatic heterocycles. The summed E-state index contributed by atoms with van der Waals surface area (Å²) in [5, 5.41) is 3.75. The summed E-state index contributed by atoms with van der Waals surface area (Å²) < 4.78 is 0. The zero-order chi connectivity index (χ0) is 20.9. The third kappa shape index (κ3) is 5.19. The van der Waals surface area contributed by atoms with Crippen molar-refractivity contribution in [3.63, 3.8) is 0 Å². The summed E-state index contributed by atoms with van der Waals surface area (Å²) in [7, 11) is 0. The summed E-state index contributed by atoms with van der Waals surface area (Å²) in [4.78, 5) is 26.9. The molecule has 6 heteroatoms. The highest BCUT2D eigenvalue weighted by Crippen LogP contribution is 2.39. The molecular formula is C24H27ClN2O2S. The number of halogens is 1. The van der Waals surface area contributed by atoms with Gasteiger partial charge in [-0.15, -0.1) is 11.8 Å². The summed E-state index contributed by atoms with van der Waals surface area (Å²) in [5.41, 5.74) is 2.77. The van der Waals surface area contributed by atoms with Gasteiger partial charge in [0, 0.05) is 23.7 Å². The average molecular weight is 443 g/mol. The lowest BCUT2D eigenvalue weighted by atomic mass is 9.89. The number of hydrogen-bond donors (Lipinski definition) is 1. The largest absolute Gasteiger partial charge is 0.352 e. The van der Waals surface area contributed by atoms with Gasteiger partial charge in [0.25, 0.3) is 5.91 Å². The molecule has 2 fully saturated rings. The summed E-state index contributed by atoms with van der Waals surface area (Å²) in [6.07, 6.45) is 6.31. The minimum atomic E-state index is -0.0347. The van der Waals surface area contributed by atoms with Crippen molar-refractivity contribution < 1.29 is 9.59 Å². The van der Waals surface area contributed by atoms with Gasteiger partial charge in [-0.2, -0.15) is 0 Å². The molecule has 0 radical (unpaired) electrons. The van der Waals surface area contributed by atoms with E-state index in [0.717, 1.165) is 17.7 Å². The number of amides is 2. The summed E-state index contributed by atoms with van der Waals surface area (Å²) in [6, 6.07) is 15.3. The molecule has 1 heterocycles. The molecule has 0 unspecified atom stereocenters. The van der Waals surface area contributed by atoms with Gasteiger partial charge in [0.15, 0.2) is 0 Å². The van der Waals surface area contributed by atoms with E-state index < -0.39 is 0 Å². The first kappa shape index (κ1) is 21.3. The normalized spacial score (nSPS) is 19.8. The van der Waals surface area contributed by atoms with Gasteiger partial charge in [-0.1, -0.05) is 55.1 Å². The number of rotatable bonds is 6. The monoisotopic (exact) mass is 442 g/mol. The number of thioether (sulfide) groups is 1. The van der Waals surface area contributed by atoms with E-state index in [-0.39, 0.29) is 17.2 Å². The number of benzene rings is 2. The quantitative estimate of drug-likeness (QED) is 0.649. The van der Waals surface area contributed by atoms with Crippen LogP contribution in [0.1, 0.15) is 59.0 Å². The van der Waals surface area contributed by atoms with Gasteiger partial charge in [0.1, 0.15) is 5.37 Å². The molecule has 1 aliphatic heterocycles. The Morgan fingerprint density at radius 3 is 2.43 bits per heavy atom. The predicted molar refractivity (Wildman–Crippen MR) is 123 cm³/mol. The molecule has 2 aromatic rings.